The third kappa shape index (κ3) is 11.9. The number of carbonyl (C=O) groups is 5. The van der Waals surface area contributed by atoms with E-state index in [-0.39, 0.29) is 29.6 Å². The summed E-state index contributed by atoms with van der Waals surface area (Å²) in [7, 11) is 0. The van der Waals surface area contributed by atoms with Crippen molar-refractivity contribution in [1.29, 1.82) is 0 Å². The van der Waals surface area contributed by atoms with Crippen molar-refractivity contribution in [3.8, 4) is 0 Å². The van der Waals surface area contributed by atoms with Gasteiger partial charge in [0, 0.05) is 44.9 Å². The molecule has 52 heavy (non-hydrogen) atoms. The Labute approximate surface area is 308 Å². The van der Waals surface area contributed by atoms with E-state index in [0.29, 0.717) is 58.2 Å². The fourth-order valence-corrected chi connectivity index (χ4v) is 7.09. The Morgan fingerprint density at radius 2 is 1.23 bits per heavy atom. The quantitative estimate of drug-likeness (QED) is 0.147. The van der Waals surface area contributed by atoms with Crippen molar-refractivity contribution < 1.29 is 24.0 Å². The molecule has 1 spiro atoms. The molecule has 2 fully saturated rings. The number of rotatable bonds is 18. The normalized spacial score (nSPS) is 17.4. The summed E-state index contributed by atoms with van der Waals surface area (Å²) >= 11 is 0. The first-order valence-electron chi connectivity index (χ1n) is 18.9. The highest BCUT2D eigenvalue weighted by molar-refractivity contribution is 5.95. The number of unbranched alkanes of at least 4 members (excludes halogenated alkanes) is 1. The summed E-state index contributed by atoms with van der Waals surface area (Å²) in [5.41, 5.74) is 13.9. The fraction of sp³-hybridized carbons (Fsp3) is 0.575. The molecule has 284 valence electrons. The van der Waals surface area contributed by atoms with Gasteiger partial charge in [0.25, 0.3) is 0 Å². The predicted molar refractivity (Wildman–Crippen MR) is 202 cm³/mol. The molecular formula is C40H59N7O5. The van der Waals surface area contributed by atoms with Crippen LogP contribution in [0.5, 0.6) is 0 Å². The molecule has 2 saturated heterocycles. The van der Waals surface area contributed by atoms with Gasteiger partial charge in [0.15, 0.2) is 0 Å². The number of piperidine rings is 1. The van der Waals surface area contributed by atoms with Crippen LogP contribution in [0.1, 0.15) is 76.8 Å². The summed E-state index contributed by atoms with van der Waals surface area (Å²) in [5.74, 6) is -1.20. The van der Waals surface area contributed by atoms with E-state index < -0.39 is 41.9 Å². The zero-order valence-electron chi connectivity index (χ0n) is 31.2. The molecule has 0 unspecified atom stereocenters. The lowest BCUT2D eigenvalue weighted by Gasteiger charge is -2.54. The lowest BCUT2D eigenvalue weighted by atomic mass is 9.72. The average molecular weight is 718 g/mol. The first kappa shape index (κ1) is 40.5. The Morgan fingerprint density at radius 3 is 1.79 bits per heavy atom. The molecule has 12 nitrogen and oxygen atoms in total. The number of nitrogens with two attached hydrogens (primary N) is 2. The molecule has 7 N–H and O–H groups in total. The van der Waals surface area contributed by atoms with E-state index in [1.807, 2.05) is 84.3 Å². The van der Waals surface area contributed by atoms with Gasteiger partial charge in [0.1, 0.15) is 18.1 Å². The van der Waals surface area contributed by atoms with Crippen molar-refractivity contribution in [2.75, 3.05) is 32.7 Å². The van der Waals surface area contributed by atoms with Gasteiger partial charge in [-0.2, -0.15) is 0 Å². The molecule has 0 aliphatic carbocycles. The van der Waals surface area contributed by atoms with Crippen LogP contribution in [0.15, 0.2) is 60.7 Å². The van der Waals surface area contributed by atoms with Crippen molar-refractivity contribution in [2.24, 2.45) is 22.8 Å². The van der Waals surface area contributed by atoms with Gasteiger partial charge < -0.3 is 37.2 Å². The smallest absolute Gasteiger partial charge is 0.245 e. The van der Waals surface area contributed by atoms with Crippen LogP contribution in [0.4, 0.5) is 0 Å². The highest BCUT2D eigenvalue weighted by atomic mass is 16.2. The van der Waals surface area contributed by atoms with Crippen molar-refractivity contribution in [2.45, 2.75) is 103 Å². The van der Waals surface area contributed by atoms with Crippen LogP contribution in [0.25, 0.3) is 0 Å². The van der Waals surface area contributed by atoms with Gasteiger partial charge in [-0.15, -0.1) is 0 Å². The van der Waals surface area contributed by atoms with Gasteiger partial charge in [-0.05, 0) is 75.0 Å². The number of hydrogen-bond donors (Lipinski definition) is 5. The number of benzene rings is 2. The molecule has 2 aromatic rings. The number of hydrogen-bond acceptors (Lipinski definition) is 7. The van der Waals surface area contributed by atoms with E-state index >= 15 is 0 Å². The Hall–Kier alpha value is -4.29. The molecule has 0 aromatic heterocycles. The maximum Gasteiger partial charge on any atom is 0.245 e. The van der Waals surface area contributed by atoms with Crippen LogP contribution in [-0.2, 0) is 36.8 Å². The summed E-state index contributed by atoms with van der Waals surface area (Å²) in [6, 6.07) is 15.2. The van der Waals surface area contributed by atoms with Gasteiger partial charge in [-0.3, -0.25) is 24.0 Å². The number of likely N-dealkylation sites (tertiary alicyclic amines) is 2. The molecule has 4 atom stereocenters. The summed E-state index contributed by atoms with van der Waals surface area (Å²) < 4.78 is 0. The second kappa shape index (κ2) is 19.5. The highest BCUT2D eigenvalue weighted by Gasteiger charge is 2.47. The Balaban J connectivity index is 1.46. The molecule has 0 saturated carbocycles. The van der Waals surface area contributed by atoms with Crippen LogP contribution < -0.4 is 27.4 Å². The van der Waals surface area contributed by atoms with Crippen LogP contribution in [0.2, 0.25) is 0 Å². The van der Waals surface area contributed by atoms with Crippen molar-refractivity contribution in [3.05, 3.63) is 71.8 Å². The number of nitrogens with zero attached hydrogens (tertiary/aromatic N) is 2. The minimum atomic E-state index is -0.987. The summed E-state index contributed by atoms with van der Waals surface area (Å²) in [6.45, 7) is 8.73. The highest BCUT2D eigenvalue weighted by Crippen LogP contribution is 2.40. The Morgan fingerprint density at radius 1 is 0.692 bits per heavy atom. The first-order valence-corrected chi connectivity index (χ1v) is 18.9. The van der Waals surface area contributed by atoms with Gasteiger partial charge in [-0.1, -0.05) is 74.5 Å². The SMILES string of the molecule is CC(=O)N1CC2(CCN(C(=O)[C@@H](CCCCN)NC(=O)[C@@H](CCC(C)C)NC(=O)[C@@H](Cc3ccccc3)NC(=O)[C@H](N)Cc3ccccc3)CC2)C1. The third-order valence-corrected chi connectivity index (χ3v) is 10.4. The lowest BCUT2D eigenvalue weighted by molar-refractivity contribution is -0.149. The molecule has 5 amide bonds. The topological polar surface area (TPSA) is 180 Å². The summed E-state index contributed by atoms with van der Waals surface area (Å²) in [5, 5.41) is 8.79. The lowest BCUT2D eigenvalue weighted by Crippen LogP contribution is -2.63. The zero-order valence-corrected chi connectivity index (χ0v) is 31.2. The Bertz CT molecular complexity index is 1470. The number of nitrogens with one attached hydrogen (secondary N) is 3. The second-order valence-corrected chi connectivity index (χ2v) is 15.1. The van der Waals surface area contributed by atoms with E-state index in [1.54, 1.807) is 6.92 Å². The maximum absolute atomic E-state index is 14.0. The van der Waals surface area contributed by atoms with Gasteiger partial charge in [-0.25, -0.2) is 0 Å². The Kier molecular flexibility index (Phi) is 15.2. The van der Waals surface area contributed by atoms with E-state index in [4.69, 9.17) is 11.5 Å². The number of carbonyl (C=O) groups excluding carboxylic acids is 5. The van der Waals surface area contributed by atoms with E-state index in [0.717, 1.165) is 37.1 Å². The van der Waals surface area contributed by atoms with Crippen molar-refractivity contribution in [3.63, 3.8) is 0 Å². The van der Waals surface area contributed by atoms with E-state index in [9.17, 15) is 24.0 Å². The third-order valence-electron chi connectivity index (χ3n) is 10.4. The molecule has 12 heteroatoms. The van der Waals surface area contributed by atoms with Gasteiger partial charge in [0.05, 0.1) is 6.04 Å². The van der Waals surface area contributed by atoms with Crippen LogP contribution in [0.3, 0.4) is 0 Å². The van der Waals surface area contributed by atoms with Gasteiger partial charge in [0.2, 0.25) is 29.5 Å². The molecule has 2 aromatic carbocycles. The second-order valence-electron chi connectivity index (χ2n) is 15.1. The van der Waals surface area contributed by atoms with E-state index in [1.165, 1.54) is 0 Å². The standard InChI is InChI=1S/C40H59N7O5/c1-28(2)17-18-33(37(50)44-34(16-10-11-21-41)39(52)46-22-19-40(20-23-46)26-47(27-40)29(3)48)43-38(51)35(25-31-14-8-5-9-15-31)45-36(49)32(42)24-30-12-6-4-7-13-30/h4-9,12-15,28,32-35H,10-11,16-27,41-42H2,1-3H3,(H,43,51)(H,44,50)(H,45,49)/t32-,33-,34-,35-/m1/s1. The van der Waals surface area contributed by atoms with Gasteiger partial charge >= 0.3 is 0 Å². The molecule has 0 bridgehead atoms. The number of amides is 5. The minimum absolute atomic E-state index is 0.0597. The fourth-order valence-electron chi connectivity index (χ4n) is 7.09. The molecule has 2 aliphatic rings. The van der Waals surface area contributed by atoms with Crippen LogP contribution in [0, 0.1) is 11.3 Å². The average Bonchev–Trinajstić information content (AvgIpc) is 3.11. The molecule has 2 aliphatic heterocycles. The van der Waals surface area contributed by atoms with E-state index in [2.05, 4.69) is 16.0 Å². The summed E-state index contributed by atoms with van der Waals surface area (Å²) in [6.07, 6.45) is 4.95. The monoisotopic (exact) mass is 717 g/mol. The first-order chi connectivity index (χ1) is 24.9. The van der Waals surface area contributed by atoms with Crippen LogP contribution >= 0.6 is 0 Å². The van der Waals surface area contributed by atoms with Crippen molar-refractivity contribution in [1.82, 2.24) is 25.8 Å². The van der Waals surface area contributed by atoms with Crippen LogP contribution in [-0.4, -0.2) is 96.2 Å². The predicted octanol–water partition coefficient (Wildman–Crippen LogP) is 2.29. The molecular weight excluding hydrogens is 658 g/mol. The minimum Gasteiger partial charge on any atom is -0.343 e. The molecule has 2 heterocycles. The molecule has 4 rings (SSSR count). The zero-order chi connectivity index (χ0) is 37.7. The summed E-state index contributed by atoms with van der Waals surface area (Å²) in [4.78, 5) is 70.7. The largest absolute Gasteiger partial charge is 0.343 e. The molecule has 0 radical (unpaired) electrons. The maximum atomic E-state index is 14.0. The van der Waals surface area contributed by atoms with Crippen molar-refractivity contribution >= 4 is 29.5 Å².